The smallest absolute Gasteiger partial charge is 0.471 e. The monoisotopic (exact) mass is 691 g/mol. The van der Waals surface area contributed by atoms with Crippen LogP contribution in [0.3, 0.4) is 0 Å². The van der Waals surface area contributed by atoms with Crippen molar-refractivity contribution < 1.29 is 41.9 Å². The molecule has 3 amide bonds. The summed E-state index contributed by atoms with van der Waals surface area (Å²) in [6.07, 6.45) is -2.15. The van der Waals surface area contributed by atoms with Crippen LogP contribution >= 0.6 is 0 Å². The van der Waals surface area contributed by atoms with E-state index in [-0.39, 0.29) is 40.6 Å². The van der Waals surface area contributed by atoms with Crippen molar-refractivity contribution in [2.24, 2.45) is 0 Å². The van der Waals surface area contributed by atoms with E-state index in [1.165, 1.54) is 0 Å². The van der Waals surface area contributed by atoms with Crippen LogP contribution in [-0.2, 0) is 14.4 Å². The van der Waals surface area contributed by atoms with E-state index in [1.807, 2.05) is 12.2 Å². The number of anilines is 3. The van der Waals surface area contributed by atoms with Crippen LogP contribution in [0.1, 0.15) is 90.1 Å². The standard InChI is InChI=1S/C33H44F3N7O6/c1-9-47-23-16-10-20(11-17-23)28(44)43(49-32(6,7)8)27-19(2)25(41-26-24(18-37-42(26)27)40-29(45)33(34,35)36)38-21-12-14-22(15-13-21)39-30(46)48-31(3,4)5/h10-11,16-18,21-22H,9,12-15H2,1-8H3,(H,38,41)(H,39,46)(H,40,45)/t21-,22-. The minimum atomic E-state index is -5.17. The predicted molar refractivity (Wildman–Crippen MR) is 177 cm³/mol. The highest BCUT2D eigenvalue weighted by Gasteiger charge is 2.40. The molecule has 0 aliphatic heterocycles. The van der Waals surface area contributed by atoms with E-state index in [0.29, 0.717) is 43.6 Å². The third-order valence-corrected chi connectivity index (χ3v) is 7.30. The first-order chi connectivity index (χ1) is 22.8. The van der Waals surface area contributed by atoms with Gasteiger partial charge in [0.05, 0.1) is 18.4 Å². The highest BCUT2D eigenvalue weighted by Crippen LogP contribution is 2.34. The fraction of sp³-hybridized carbons (Fsp3) is 0.545. The molecule has 0 bridgehead atoms. The lowest BCUT2D eigenvalue weighted by atomic mass is 9.91. The Kier molecular flexibility index (Phi) is 11.0. The first-order valence-corrected chi connectivity index (χ1v) is 16.0. The third kappa shape index (κ3) is 9.74. The topological polar surface area (TPSA) is 148 Å². The van der Waals surface area contributed by atoms with Crippen LogP contribution in [0.15, 0.2) is 30.5 Å². The van der Waals surface area contributed by atoms with Gasteiger partial charge in [0.15, 0.2) is 11.5 Å². The largest absolute Gasteiger partial charge is 0.494 e. The molecule has 1 aliphatic carbocycles. The quantitative estimate of drug-likeness (QED) is 0.212. The van der Waals surface area contributed by atoms with Crippen molar-refractivity contribution in [1.82, 2.24) is 19.9 Å². The zero-order chi connectivity index (χ0) is 36.3. The van der Waals surface area contributed by atoms with Gasteiger partial charge in [-0.25, -0.2) is 9.78 Å². The Morgan fingerprint density at radius 3 is 2.12 bits per heavy atom. The fourth-order valence-electron chi connectivity index (χ4n) is 5.20. The summed E-state index contributed by atoms with van der Waals surface area (Å²) in [6, 6.07) is 6.17. The molecule has 0 saturated heterocycles. The number of alkyl halides is 3. The summed E-state index contributed by atoms with van der Waals surface area (Å²) in [5, 5.41) is 13.4. The van der Waals surface area contributed by atoms with Crippen molar-refractivity contribution in [3.63, 3.8) is 0 Å². The lowest BCUT2D eigenvalue weighted by Crippen LogP contribution is -2.42. The van der Waals surface area contributed by atoms with E-state index in [4.69, 9.17) is 14.3 Å². The fourth-order valence-corrected chi connectivity index (χ4v) is 5.20. The minimum absolute atomic E-state index is 0.0640. The second-order valence-corrected chi connectivity index (χ2v) is 13.8. The number of hydrogen-bond acceptors (Lipinski definition) is 9. The number of aromatic nitrogens is 3. The van der Waals surface area contributed by atoms with Gasteiger partial charge in [-0.3, -0.25) is 14.4 Å². The summed E-state index contributed by atoms with van der Waals surface area (Å²) in [7, 11) is 0. The van der Waals surface area contributed by atoms with Gasteiger partial charge in [0.25, 0.3) is 5.91 Å². The molecule has 1 saturated carbocycles. The van der Waals surface area contributed by atoms with E-state index in [0.717, 1.165) is 15.8 Å². The van der Waals surface area contributed by atoms with Crippen LogP contribution in [0, 0.1) is 6.92 Å². The Labute approximate surface area is 282 Å². The number of rotatable bonds is 9. The average molecular weight is 692 g/mol. The van der Waals surface area contributed by atoms with Crippen molar-refractivity contribution in [2.75, 3.05) is 22.3 Å². The molecule has 16 heteroatoms. The second kappa shape index (κ2) is 14.5. The van der Waals surface area contributed by atoms with Crippen LogP contribution < -0.4 is 25.8 Å². The molecule has 49 heavy (non-hydrogen) atoms. The summed E-state index contributed by atoms with van der Waals surface area (Å²) in [5.74, 6) is -1.93. The molecular formula is C33H44F3N7O6. The minimum Gasteiger partial charge on any atom is -0.494 e. The number of amides is 3. The van der Waals surface area contributed by atoms with Gasteiger partial charge in [0.2, 0.25) is 0 Å². The van der Waals surface area contributed by atoms with Crippen LogP contribution in [-0.4, -0.2) is 68.6 Å². The summed E-state index contributed by atoms with van der Waals surface area (Å²) in [5.41, 5.74) is -1.38. The predicted octanol–water partition coefficient (Wildman–Crippen LogP) is 6.56. The lowest BCUT2D eigenvalue weighted by Gasteiger charge is -2.33. The van der Waals surface area contributed by atoms with Crippen molar-refractivity contribution in [3.8, 4) is 5.75 Å². The number of ether oxygens (including phenoxy) is 2. The third-order valence-electron chi connectivity index (χ3n) is 7.30. The van der Waals surface area contributed by atoms with Gasteiger partial charge in [0, 0.05) is 23.2 Å². The SMILES string of the molecule is CCOc1ccc(C(=O)N(OC(C)(C)C)c2c(C)c(N[C@H]3CC[C@H](NC(=O)OC(C)(C)C)CC3)nc3c(NC(=O)C(F)(F)F)cnn23)cc1. The first-order valence-electron chi connectivity index (χ1n) is 16.0. The second-order valence-electron chi connectivity index (χ2n) is 13.8. The van der Waals surface area contributed by atoms with Crippen LogP contribution in [0.2, 0.25) is 0 Å². The number of hydroxylamine groups is 1. The first kappa shape index (κ1) is 37.2. The van der Waals surface area contributed by atoms with Gasteiger partial charge in [-0.05, 0) is 105 Å². The van der Waals surface area contributed by atoms with Gasteiger partial charge in [-0.1, -0.05) is 0 Å². The summed E-state index contributed by atoms with van der Waals surface area (Å²) >= 11 is 0. The highest BCUT2D eigenvalue weighted by molar-refractivity contribution is 6.05. The van der Waals surface area contributed by atoms with Gasteiger partial charge in [-0.2, -0.15) is 27.8 Å². The van der Waals surface area contributed by atoms with Crippen molar-refractivity contribution in [3.05, 3.63) is 41.6 Å². The van der Waals surface area contributed by atoms with E-state index in [9.17, 15) is 27.6 Å². The van der Waals surface area contributed by atoms with E-state index in [2.05, 4.69) is 20.7 Å². The zero-order valence-corrected chi connectivity index (χ0v) is 28.9. The Bertz CT molecular complexity index is 1650. The molecule has 3 N–H and O–H groups in total. The number of nitrogens with zero attached hydrogens (tertiary/aromatic N) is 4. The number of hydrogen-bond donors (Lipinski definition) is 3. The molecule has 0 spiro atoms. The van der Waals surface area contributed by atoms with Crippen molar-refractivity contribution in [2.45, 2.75) is 111 Å². The number of carbonyl (C=O) groups excluding carboxylic acids is 3. The molecule has 268 valence electrons. The maximum absolute atomic E-state index is 14.1. The number of halogens is 3. The van der Waals surface area contributed by atoms with Gasteiger partial charge >= 0.3 is 18.2 Å². The lowest BCUT2D eigenvalue weighted by molar-refractivity contribution is -0.167. The van der Waals surface area contributed by atoms with Crippen LogP contribution in [0.5, 0.6) is 5.75 Å². The molecule has 3 aromatic rings. The normalized spacial score (nSPS) is 17.0. The Morgan fingerprint density at radius 1 is 0.959 bits per heavy atom. The molecule has 2 aromatic heterocycles. The molecule has 0 radical (unpaired) electrons. The number of fused-ring (bicyclic) bond motifs is 1. The maximum Gasteiger partial charge on any atom is 0.471 e. The Balaban J connectivity index is 1.74. The number of benzene rings is 1. The molecule has 2 heterocycles. The maximum atomic E-state index is 14.1. The molecule has 0 atom stereocenters. The van der Waals surface area contributed by atoms with E-state index >= 15 is 0 Å². The van der Waals surface area contributed by atoms with Crippen LogP contribution in [0.4, 0.5) is 35.3 Å². The van der Waals surface area contributed by atoms with E-state index < -0.39 is 35.3 Å². The Hall–Kier alpha value is -4.60. The van der Waals surface area contributed by atoms with E-state index in [1.54, 1.807) is 72.7 Å². The van der Waals surface area contributed by atoms with Crippen molar-refractivity contribution in [1.29, 1.82) is 0 Å². The van der Waals surface area contributed by atoms with Gasteiger partial charge in [0.1, 0.15) is 22.9 Å². The van der Waals surface area contributed by atoms with Gasteiger partial charge in [-0.15, -0.1) is 0 Å². The number of nitrogens with one attached hydrogen (secondary N) is 3. The molecule has 4 rings (SSSR count). The number of alkyl carbamates (subject to hydrolysis) is 1. The van der Waals surface area contributed by atoms with Gasteiger partial charge < -0.3 is 25.4 Å². The van der Waals surface area contributed by atoms with Crippen LogP contribution in [0.25, 0.3) is 5.65 Å². The molecule has 1 aromatic carbocycles. The Morgan fingerprint density at radius 2 is 1.57 bits per heavy atom. The molecule has 0 unspecified atom stereocenters. The van der Waals surface area contributed by atoms with Crippen molar-refractivity contribution >= 4 is 40.9 Å². The summed E-state index contributed by atoms with van der Waals surface area (Å²) < 4.78 is 51.8. The molecule has 13 nitrogen and oxygen atoms in total. The zero-order valence-electron chi connectivity index (χ0n) is 28.9. The number of carbonyl (C=O) groups is 3. The molecular weight excluding hydrogens is 647 g/mol. The summed E-state index contributed by atoms with van der Waals surface area (Å²) in [4.78, 5) is 49.2. The molecule has 1 fully saturated rings. The summed E-state index contributed by atoms with van der Waals surface area (Å²) in [6.45, 7) is 14.5. The highest BCUT2D eigenvalue weighted by atomic mass is 19.4. The molecule has 1 aliphatic rings. The average Bonchev–Trinajstić information content (AvgIpc) is 3.37.